The smallest absolute Gasteiger partial charge is 0.168 e. The van der Waals surface area contributed by atoms with Crippen molar-refractivity contribution in [1.29, 1.82) is 0 Å². The summed E-state index contributed by atoms with van der Waals surface area (Å²) in [4.78, 5) is 6.87. The molecule has 1 aromatic rings. The van der Waals surface area contributed by atoms with Gasteiger partial charge in [0.25, 0.3) is 0 Å². The van der Waals surface area contributed by atoms with Crippen LogP contribution in [0.1, 0.15) is 26.2 Å². The van der Waals surface area contributed by atoms with Gasteiger partial charge in [0, 0.05) is 25.5 Å². The molecule has 0 aliphatic carbocycles. The second-order valence-corrected chi connectivity index (χ2v) is 5.32. The van der Waals surface area contributed by atoms with Crippen molar-refractivity contribution in [3.8, 4) is 0 Å². The maximum atomic E-state index is 4.33. The van der Waals surface area contributed by atoms with Crippen molar-refractivity contribution < 1.29 is 0 Å². The molecule has 0 aromatic carbocycles. The fraction of sp³-hybridized carbons (Fsp3) is 0.750. The fourth-order valence-corrected chi connectivity index (χ4v) is 3.01. The van der Waals surface area contributed by atoms with Gasteiger partial charge in [-0.2, -0.15) is 0 Å². The number of nitrogens with zero attached hydrogens (tertiary/aromatic N) is 3. The van der Waals surface area contributed by atoms with Gasteiger partial charge in [0.2, 0.25) is 0 Å². The highest BCUT2D eigenvalue weighted by atomic mass is 32.2. The highest BCUT2D eigenvalue weighted by Gasteiger charge is 2.21. The molecule has 90 valence electrons. The van der Waals surface area contributed by atoms with Gasteiger partial charge >= 0.3 is 0 Å². The van der Waals surface area contributed by atoms with E-state index in [2.05, 4.69) is 33.8 Å². The van der Waals surface area contributed by atoms with Crippen LogP contribution in [0.4, 0.5) is 0 Å². The van der Waals surface area contributed by atoms with E-state index in [0.717, 1.165) is 17.7 Å². The van der Waals surface area contributed by atoms with Crippen LogP contribution in [0, 0.1) is 5.92 Å². The molecule has 0 bridgehead atoms. The quantitative estimate of drug-likeness (QED) is 0.737. The summed E-state index contributed by atoms with van der Waals surface area (Å²) in [6, 6.07) is 0. The molecule has 2 rings (SSSR count). The van der Waals surface area contributed by atoms with E-state index < -0.39 is 0 Å². The summed E-state index contributed by atoms with van der Waals surface area (Å²) >= 11 is 1.72. The predicted molar refractivity (Wildman–Crippen MR) is 68.6 cm³/mol. The molecule has 0 N–H and O–H groups in total. The van der Waals surface area contributed by atoms with Gasteiger partial charge in [0.1, 0.15) is 0 Å². The third-order valence-corrected chi connectivity index (χ3v) is 3.98. The van der Waals surface area contributed by atoms with Crippen LogP contribution < -0.4 is 0 Å². The molecule has 3 nitrogen and oxygen atoms in total. The van der Waals surface area contributed by atoms with Crippen LogP contribution in [0.5, 0.6) is 0 Å². The Bertz CT molecular complexity index is 324. The molecule has 1 aliphatic heterocycles. The minimum absolute atomic E-state index is 0.922. The molecule has 0 radical (unpaired) electrons. The Labute approximate surface area is 102 Å². The summed E-state index contributed by atoms with van der Waals surface area (Å²) in [5, 5.41) is 1.12. The van der Waals surface area contributed by atoms with E-state index in [-0.39, 0.29) is 0 Å². The number of thioether (sulfide) groups is 1. The Kier molecular flexibility index (Phi) is 4.29. The van der Waals surface area contributed by atoms with Gasteiger partial charge in [-0.3, -0.25) is 4.90 Å². The molecule has 1 aromatic heterocycles. The minimum Gasteiger partial charge on any atom is -0.313 e. The van der Waals surface area contributed by atoms with E-state index >= 15 is 0 Å². The Balaban J connectivity index is 1.87. The lowest BCUT2D eigenvalue weighted by atomic mass is 10.0. The van der Waals surface area contributed by atoms with Gasteiger partial charge in [0.15, 0.2) is 5.16 Å². The fourth-order valence-electron chi connectivity index (χ4n) is 2.49. The third-order valence-electron chi connectivity index (χ3n) is 3.28. The van der Waals surface area contributed by atoms with Gasteiger partial charge in [-0.15, -0.1) is 0 Å². The molecule has 4 heteroatoms. The van der Waals surface area contributed by atoms with Crippen molar-refractivity contribution in [3.63, 3.8) is 0 Å². The normalized spacial score (nSPS) is 21.8. The average molecular weight is 239 g/mol. The van der Waals surface area contributed by atoms with E-state index in [4.69, 9.17) is 0 Å². The number of hydrogen-bond donors (Lipinski definition) is 0. The molecule has 1 unspecified atom stereocenters. The SMILES string of the molecule is CCCC1CCN(Cn2ccnc2SC)C1. The largest absolute Gasteiger partial charge is 0.313 e. The third kappa shape index (κ3) is 2.80. The molecule has 1 saturated heterocycles. The average Bonchev–Trinajstić information content (AvgIpc) is 2.89. The minimum atomic E-state index is 0.922. The standard InChI is InChI=1S/C12H21N3S/c1-3-4-11-5-7-14(9-11)10-15-8-6-13-12(15)16-2/h6,8,11H,3-5,7,9-10H2,1-2H3. The van der Waals surface area contributed by atoms with Crippen LogP contribution in [-0.4, -0.2) is 33.8 Å². The van der Waals surface area contributed by atoms with E-state index in [0.29, 0.717) is 0 Å². The first kappa shape index (κ1) is 12.0. The van der Waals surface area contributed by atoms with Crippen molar-refractivity contribution in [2.45, 2.75) is 38.0 Å². The summed E-state index contributed by atoms with van der Waals surface area (Å²) in [6.07, 6.45) is 10.1. The topological polar surface area (TPSA) is 21.1 Å². The van der Waals surface area contributed by atoms with Gasteiger partial charge in [-0.25, -0.2) is 4.98 Å². The highest BCUT2D eigenvalue weighted by Crippen LogP contribution is 2.22. The Morgan fingerprint density at radius 1 is 1.56 bits per heavy atom. The number of hydrogen-bond acceptors (Lipinski definition) is 3. The molecular formula is C12H21N3S. The number of imidazole rings is 1. The number of aromatic nitrogens is 2. The maximum Gasteiger partial charge on any atom is 0.168 e. The monoisotopic (exact) mass is 239 g/mol. The zero-order chi connectivity index (χ0) is 11.4. The van der Waals surface area contributed by atoms with Crippen LogP contribution in [0.25, 0.3) is 0 Å². The van der Waals surface area contributed by atoms with Crippen LogP contribution >= 0.6 is 11.8 Å². The highest BCUT2D eigenvalue weighted by molar-refractivity contribution is 7.98. The number of likely N-dealkylation sites (tertiary alicyclic amines) is 1. The van der Waals surface area contributed by atoms with Crippen molar-refractivity contribution >= 4 is 11.8 Å². The van der Waals surface area contributed by atoms with Gasteiger partial charge in [0.05, 0.1) is 6.67 Å². The molecule has 0 spiro atoms. The second-order valence-electron chi connectivity index (χ2n) is 4.55. The van der Waals surface area contributed by atoms with Gasteiger partial charge < -0.3 is 4.57 Å². The van der Waals surface area contributed by atoms with E-state index in [1.807, 2.05) is 6.20 Å². The van der Waals surface area contributed by atoms with E-state index in [1.54, 1.807) is 11.8 Å². The van der Waals surface area contributed by atoms with E-state index in [9.17, 15) is 0 Å². The molecule has 16 heavy (non-hydrogen) atoms. The molecule has 1 fully saturated rings. The summed E-state index contributed by atoms with van der Waals surface area (Å²) in [6.45, 7) is 5.80. The summed E-state index contributed by atoms with van der Waals surface area (Å²) in [5.74, 6) is 0.922. The maximum absolute atomic E-state index is 4.33. The molecule has 1 atom stereocenters. The van der Waals surface area contributed by atoms with Crippen LogP contribution in [0.3, 0.4) is 0 Å². The van der Waals surface area contributed by atoms with Crippen molar-refractivity contribution in [2.75, 3.05) is 19.3 Å². The molecule has 2 heterocycles. The van der Waals surface area contributed by atoms with Gasteiger partial charge in [-0.1, -0.05) is 25.1 Å². The van der Waals surface area contributed by atoms with Crippen LogP contribution in [0.2, 0.25) is 0 Å². The second kappa shape index (κ2) is 5.73. The molecule has 1 aliphatic rings. The van der Waals surface area contributed by atoms with Crippen molar-refractivity contribution in [3.05, 3.63) is 12.4 Å². The lowest BCUT2D eigenvalue weighted by Crippen LogP contribution is -2.24. The first-order chi connectivity index (χ1) is 7.83. The summed E-state index contributed by atoms with van der Waals surface area (Å²) < 4.78 is 2.25. The first-order valence-corrected chi connectivity index (χ1v) is 7.33. The molecule has 0 amide bonds. The Morgan fingerprint density at radius 3 is 3.19 bits per heavy atom. The van der Waals surface area contributed by atoms with Crippen LogP contribution in [-0.2, 0) is 6.67 Å². The van der Waals surface area contributed by atoms with Crippen molar-refractivity contribution in [1.82, 2.24) is 14.5 Å². The summed E-state index contributed by atoms with van der Waals surface area (Å²) in [5.41, 5.74) is 0. The van der Waals surface area contributed by atoms with Crippen molar-refractivity contribution in [2.24, 2.45) is 5.92 Å². The zero-order valence-electron chi connectivity index (χ0n) is 10.2. The lowest BCUT2D eigenvalue weighted by Gasteiger charge is -2.17. The lowest BCUT2D eigenvalue weighted by molar-refractivity contribution is 0.248. The Morgan fingerprint density at radius 2 is 2.44 bits per heavy atom. The van der Waals surface area contributed by atoms with Crippen LogP contribution in [0.15, 0.2) is 17.6 Å². The number of rotatable bonds is 5. The molecular weight excluding hydrogens is 218 g/mol. The molecule has 0 saturated carbocycles. The zero-order valence-corrected chi connectivity index (χ0v) is 11.0. The Hall–Kier alpha value is -0.480. The summed E-state index contributed by atoms with van der Waals surface area (Å²) in [7, 11) is 0. The van der Waals surface area contributed by atoms with E-state index in [1.165, 1.54) is 32.4 Å². The predicted octanol–water partition coefficient (Wildman–Crippen LogP) is 2.68. The first-order valence-electron chi connectivity index (χ1n) is 6.11. The van der Waals surface area contributed by atoms with Gasteiger partial charge in [-0.05, 0) is 25.0 Å².